The van der Waals surface area contributed by atoms with Crippen LogP contribution >= 0.6 is 11.3 Å². The van der Waals surface area contributed by atoms with Gasteiger partial charge >= 0.3 is 0 Å². The summed E-state index contributed by atoms with van der Waals surface area (Å²) in [5.74, 6) is 0.773. The number of carbonyl (C=O) groups excluding carboxylic acids is 2. The molecule has 3 atom stereocenters. The number of hydrogen-bond donors (Lipinski definition) is 0. The van der Waals surface area contributed by atoms with Crippen molar-refractivity contribution >= 4 is 38.4 Å². The topological polar surface area (TPSA) is 78.0 Å². The molecule has 3 heterocycles. The number of para-hydroxylation sites is 1. The lowest BCUT2D eigenvalue weighted by molar-refractivity contribution is -0.131. The number of nitrogens with zero attached hydrogens (tertiary/aromatic N) is 2. The highest BCUT2D eigenvalue weighted by Gasteiger charge is 2.53. The van der Waals surface area contributed by atoms with Crippen LogP contribution in [0.1, 0.15) is 37.3 Å². The standard InChI is InChI=1S/C26H24N2O5S/c1-31-14-11-12-18(32-2)16(13-14)22-21-23(29)15-7-3-5-9-19(15)33-24(21)25(30)28(22)26-27-17-8-4-6-10-20(17)34-26/h4,6,8,10-13,15,19,22H,3,5,7,9H2,1-2H3. The summed E-state index contributed by atoms with van der Waals surface area (Å²) in [6.07, 6.45) is 3.31. The molecule has 3 unspecified atom stereocenters. The Morgan fingerprint density at radius 3 is 2.68 bits per heavy atom. The van der Waals surface area contributed by atoms with Crippen LogP contribution in [0.4, 0.5) is 5.13 Å². The van der Waals surface area contributed by atoms with Gasteiger partial charge in [-0.05, 0) is 49.6 Å². The van der Waals surface area contributed by atoms with E-state index < -0.39 is 6.04 Å². The number of carbonyl (C=O) groups is 2. The van der Waals surface area contributed by atoms with Crippen molar-refractivity contribution in [2.24, 2.45) is 5.92 Å². The first-order chi connectivity index (χ1) is 16.6. The maximum atomic E-state index is 13.9. The maximum absolute atomic E-state index is 13.9. The van der Waals surface area contributed by atoms with Gasteiger partial charge in [-0.2, -0.15) is 0 Å². The maximum Gasteiger partial charge on any atom is 0.296 e. The molecule has 6 rings (SSSR count). The number of Topliss-reactive ketones (excluding diaryl/α,β-unsaturated/α-hetero) is 1. The minimum Gasteiger partial charge on any atom is -0.497 e. The second kappa shape index (κ2) is 8.13. The number of ketones is 1. The zero-order valence-electron chi connectivity index (χ0n) is 18.9. The summed E-state index contributed by atoms with van der Waals surface area (Å²) in [5.41, 5.74) is 1.88. The molecule has 0 radical (unpaired) electrons. The SMILES string of the molecule is COc1ccc(OC)c(C2C3=C(OC4CCCCC4C3=O)C(=O)N2c2nc3ccccc3s2)c1. The lowest BCUT2D eigenvalue weighted by atomic mass is 9.77. The second-order valence-electron chi connectivity index (χ2n) is 8.80. The van der Waals surface area contributed by atoms with Crippen molar-refractivity contribution in [3.63, 3.8) is 0 Å². The number of thiazole rings is 1. The molecular weight excluding hydrogens is 452 g/mol. The van der Waals surface area contributed by atoms with Crippen LogP contribution < -0.4 is 14.4 Å². The van der Waals surface area contributed by atoms with E-state index in [2.05, 4.69) is 0 Å². The van der Waals surface area contributed by atoms with Crippen molar-refractivity contribution in [1.82, 2.24) is 4.98 Å². The average molecular weight is 477 g/mol. The average Bonchev–Trinajstić information content (AvgIpc) is 3.42. The summed E-state index contributed by atoms with van der Waals surface area (Å²) in [7, 11) is 3.17. The fourth-order valence-electron chi connectivity index (χ4n) is 5.35. The number of rotatable bonds is 4. The summed E-state index contributed by atoms with van der Waals surface area (Å²) in [4.78, 5) is 34.1. The summed E-state index contributed by atoms with van der Waals surface area (Å²) < 4.78 is 18.4. The summed E-state index contributed by atoms with van der Waals surface area (Å²) in [6.45, 7) is 0. The highest BCUT2D eigenvalue weighted by Crippen LogP contribution is 2.51. The fraction of sp³-hybridized carbons (Fsp3) is 0.346. The molecule has 0 spiro atoms. The number of aromatic nitrogens is 1. The Morgan fingerprint density at radius 1 is 1.06 bits per heavy atom. The molecule has 174 valence electrons. The Bertz CT molecular complexity index is 1310. The third kappa shape index (κ3) is 3.12. The van der Waals surface area contributed by atoms with Crippen LogP contribution in [-0.2, 0) is 14.3 Å². The predicted molar refractivity (Wildman–Crippen MR) is 128 cm³/mol. The molecule has 0 saturated heterocycles. The molecular formula is C26H24N2O5S. The third-order valence-corrected chi connectivity index (χ3v) is 8.02. The lowest BCUT2D eigenvalue weighted by Gasteiger charge is -2.35. The van der Waals surface area contributed by atoms with Crippen molar-refractivity contribution in [2.45, 2.75) is 37.8 Å². The molecule has 1 saturated carbocycles. The third-order valence-electron chi connectivity index (χ3n) is 6.98. The van der Waals surface area contributed by atoms with Gasteiger partial charge in [0.05, 0.1) is 35.9 Å². The largest absolute Gasteiger partial charge is 0.497 e. The van der Waals surface area contributed by atoms with Gasteiger partial charge in [0.25, 0.3) is 5.91 Å². The first kappa shape index (κ1) is 21.2. The quantitative estimate of drug-likeness (QED) is 0.538. The highest BCUT2D eigenvalue weighted by atomic mass is 32.1. The molecule has 1 aliphatic carbocycles. The van der Waals surface area contributed by atoms with Crippen LogP contribution in [0.5, 0.6) is 11.5 Å². The first-order valence-corrected chi connectivity index (χ1v) is 12.3. The molecule has 34 heavy (non-hydrogen) atoms. The molecule has 1 amide bonds. The van der Waals surface area contributed by atoms with E-state index in [-0.39, 0.29) is 29.5 Å². The van der Waals surface area contributed by atoms with Gasteiger partial charge in [-0.25, -0.2) is 4.98 Å². The fourth-order valence-corrected chi connectivity index (χ4v) is 6.34. The normalized spacial score (nSPS) is 24.2. The first-order valence-electron chi connectivity index (χ1n) is 11.5. The number of hydrogen-bond acceptors (Lipinski definition) is 7. The van der Waals surface area contributed by atoms with Gasteiger partial charge in [-0.15, -0.1) is 0 Å². The molecule has 2 aromatic carbocycles. The predicted octanol–water partition coefficient (Wildman–Crippen LogP) is 4.81. The molecule has 3 aromatic rings. The molecule has 2 aliphatic heterocycles. The molecule has 0 N–H and O–H groups in total. The zero-order chi connectivity index (χ0) is 23.4. The highest BCUT2D eigenvalue weighted by molar-refractivity contribution is 7.22. The van der Waals surface area contributed by atoms with Gasteiger partial charge < -0.3 is 14.2 Å². The van der Waals surface area contributed by atoms with Crippen molar-refractivity contribution in [3.05, 3.63) is 59.4 Å². The smallest absolute Gasteiger partial charge is 0.296 e. The van der Waals surface area contributed by atoms with Gasteiger partial charge in [-0.1, -0.05) is 29.9 Å². The zero-order valence-corrected chi connectivity index (χ0v) is 19.8. The van der Waals surface area contributed by atoms with Crippen LogP contribution in [0.25, 0.3) is 10.2 Å². The summed E-state index contributed by atoms with van der Waals surface area (Å²) in [6, 6.07) is 12.5. The second-order valence-corrected chi connectivity index (χ2v) is 9.81. The number of ether oxygens (including phenoxy) is 3. The molecule has 3 aliphatic rings. The van der Waals surface area contributed by atoms with Crippen LogP contribution in [0, 0.1) is 5.92 Å². The Hall–Kier alpha value is -3.39. The van der Waals surface area contributed by atoms with Gasteiger partial charge in [0, 0.05) is 5.56 Å². The number of fused-ring (bicyclic) bond motifs is 2. The van der Waals surface area contributed by atoms with Gasteiger partial charge in [-0.3, -0.25) is 14.5 Å². The van der Waals surface area contributed by atoms with Crippen LogP contribution in [0.2, 0.25) is 0 Å². The molecule has 1 aromatic heterocycles. The van der Waals surface area contributed by atoms with Crippen molar-refractivity contribution in [2.75, 3.05) is 19.1 Å². The van der Waals surface area contributed by atoms with Crippen LogP contribution in [0.15, 0.2) is 53.8 Å². The van der Waals surface area contributed by atoms with Crippen molar-refractivity contribution < 1.29 is 23.8 Å². The monoisotopic (exact) mass is 476 g/mol. The molecule has 7 nitrogen and oxygen atoms in total. The van der Waals surface area contributed by atoms with E-state index in [1.54, 1.807) is 31.3 Å². The summed E-state index contributed by atoms with van der Waals surface area (Å²) >= 11 is 1.42. The number of amides is 1. The molecule has 0 bridgehead atoms. The van der Waals surface area contributed by atoms with E-state index in [1.807, 2.05) is 30.3 Å². The van der Waals surface area contributed by atoms with E-state index in [9.17, 15) is 9.59 Å². The number of benzene rings is 2. The lowest BCUT2D eigenvalue weighted by Crippen LogP contribution is -2.39. The van der Waals surface area contributed by atoms with Crippen molar-refractivity contribution in [3.8, 4) is 11.5 Å². The van der Waals surface area contributed by atoms with Crippen LogP contribution in [-0.4, -0.2) is 37.0 Å². The number of anilines is 1. The minimum absolute atomic E-state index is 0.00205. The van der Waals surface area contributed by atoms with E-state index in [0.717, 1.165) is 35.9 Å². The van der Waals surface area contributed by atoms with Gasteiger partial charge in [0.15, 0.2) is 16.7 Å². The van der Waals surface area contributed by atoms with Gasteiger partial charge in [0.2, 0.25) is 0 Å². The van der Waals surface area contributed by atoms with E-state index in [0.29, 0.717) is 27.8 Å². The minimum atomic E-state index is -0.705. The Kier molecular flexibility index (Phi) is 5.06. The van der Waals surface area contributed by atoms with Crippen molar-refractivity contribution in [1.29, 1.82) is 0 Å². The number of methoxy groups -OCH3 is 2. The van der Waals surface area contributed by atoms with E-state index in [1.165, 1.54) is 11.3 Å². The van der Waals surface area contributed by atoms with Crippen LogP contribution in [0.3, 0.4) is 0 Å². The summed E-state index contributed by atoms with van der Waals surface area (Å²) in [5, 5.41) is 0.523. The molecule has 8 heteroatoms. The Morgan fingerprint density at radius 2 is 1.88 bits per heavy atom. The Labute approximate surface area is 200 Å². The Balaban J connectivity index is 1.56. The molecule has 1 fully saturated rings. The van der Waals surface area contributed by atoms with Gasteiger partial charge in [0.1, 0.15) is 23.6 Å². The van der Waals surface area contributed by atoms with E-state index in [4.69, 9.17) is 19.2 Å². The van der Waals surface area contributed by atoms with E-state index >= 15 is 0 Å².